The van der Waals surface area contributed by atoms with Gasteiger partial charge < -0.3 is 29.8 Å². The van der Waals surface area contributed by atoms with Crippen molar-refractivity contribution in [1.29, 1.82) is 0 Å². The van der Waals surface area contributed by atoms with E-state index in [1.54, 1.807) is 25.4 Å². The predicted molar refractivity (Wildman–Crippen MR) is 139 cm³/mol. The fraction of sp³-hybridized carbons (Fsp3) is 0.148. The minimum atomic E-state index is -1.33. The number of nitrogens with one attached hydrogen (secondary N) is 2. The summed E-state index contributed by atoms with van der Waals surface area (Å²) in [6.45, 7) is 1.80. The van der Waals surface area contributed by atoms with Crippen LogP contribution in [0.4, 0.5) is 5.69 Å². The van der Waals surface area contributed by atoms with Gasteiger partial charge >= 0.3 is 5.97 Å². The Kier molecular flexibility index (Phi) is 6.91. The van der Waals surface area contributed by atoms with Crippen LogP contribution in [0.3, 0.4) is 0 Å². The van der Waals surface area contributed by atoms with Gasteiger partial charge in [0.05, 0.1) is 36.1 Å². The van der Waals surface area contributed by atoms with Gasteiger partial charge in [0.1, 0.15) is 5.69 Å². The Labute approximate surface area is 216 Å². The van der Waals surface area contributed by atoms with Gasteiger partial charge in [0.25, 0.3) is 0 Å². The molecule has 0 spiro atoms. The Morgan fingerprint density at radius 1 is 1.14 bits per heavy atom. The number of hydrogen-bond acceptors (Lipinski definition) is 7. The summed E-state index contributed by atoms with van der Waals surface area (Å²) < 4.78 is 11.1. The molecule has 4 N–H and O–H groups in total. The first kappa shape index (κ1) is 24.5. The number of aliphatic carboxylic acids is 1. The number of aromatic amines is 1. The standard InChI is InChI=1S/C27H23ClN4O5/c1-15(19-4-2-3-5-21(19)28)36-27(35)32-22-13-31-37-26(22)17-8-6-16(7-9-17)20-11-10-18(12-23(33)34)24-25(20)30-14-29-24/h2-11,13-15,27,32,35H,12H2,1H3,(H,29,30)(H,33,34). The predicted octanol–water partition coefficient (Wildman–Crippen LogP) is 5.63. The summed E-state index contributed by atoms with van der Waals surface area (Å²) in [4.78, 5) is 18.6. The van der Waals surface area contributed by atoms with Gasteiger partial charge in [-0.2, -0.15) is 0 Å². The molecule has 2 atom stereocenters. The molecule has 9 nitrogen and oxygen atoms in total. The summed E-state index contributed by atoms with van der Waals surface area (Å²) in [5, 5.41) is 26.9. The van der Waals surface area contributed by atoms with Gasteiger partial charge in [0.15, 0.2) is 5.76 Å². The Morgan fingerprint density at radius 2 is 1.89 bits per heavy atom. The van der Waals surface area contributed by atoms with Crippen LogP contribution in [0.25, 0.3) is 33.5 Å². The number of benzene rings is 3. The van der Waals surface area contributed by atoms with Crippen LogP contribution in [0.1, 0.15) is 24.2 Å². The number of aliphatic hydroxyl groups is 1. The molecule has 2 heterocycles. The monoisotopic (exact) mass is 518 g/mol. The number of ether oxygens (including phenoxy) is 1. The fourth-order valence-electron chi connectivity index (χ4n) is 4.23. The fourth-order valence-corrected chi connectivity index (χ4v) is 4.52. The quantitative estimate of drug-likeness (QED) is 0.184. The lowest BCUT2D eigenvalue weighted by Crippen LogP contribution is -2.24. The van der Waals surface area contributed by atoms with Crippen molar-refractivity contribution in [2.24, 2.45) is 0 Å². The van der Waals surface area contributed by atoms with Gasteiger partial charge in [-0.05, 0) is 29.7 Å². The van der Waals surface area contributed by atoms with Crippen molar-refractivity contribution in [3.05, 3.63) is 89.3 Å². The maximum Gasteiger partial charge on any atom is 0.307 e. The van der Waals surface area contributed by atoms with E-state index in [2.05, 4.69) is 20.4 Å². The Balaban J connectivity index is 1.33. The van der Waals surface area contributed by atoms with E-state index in [0.717, 1.165) is 27.8 Å². The number of carboxylic acids is 1. The van der Waals surface area contributed by atoms with Gasteiger partial charge in [-0.3, -0.25) is 4.79 Å². The van der Waals surface area contributed by atoms with Crippen LogP contribution in [0, 0.1) is 0 Å². The van der Waals surface area contributed by atoms with Crippen molar-refractivity contribution in [1.82, 2.24) is 15.1 Å². The average Bonchev–Trinajstić information content (AvgIpc) is 3.55. The first-order valence-electron chi connectivity index (χ1n) is 11.5. The minimum absolute atomic E-state index is 0.103. The molecule has 37 heavy (non-hydrogen) atoms. The lowest BCUT2D eigenvalue weighted by molar-refractivity contribution is -0.136. The average molecular weight is 519 g/mol. The number of aliphatic hydroxyl groups excluding tert-OH is 1. The number of H-pyrrole nitrogens is 1. The molecule has 5 aromatic rings. The molecule has 3 aromatic carbocycles. The first-order valence-corrected chi connectivity index (χ1v) is 11.8. The second-order valence-corrected chi connectivity index (χ2v) is 8.82. The Hall–Kier alpha value is -4.18. The summed E-state index contributed by atoms with van der Waals surface area (Å²) >= 11 is 6.22. The molecule has 0 saturated heterocycles. The maximum absolute atomic E-state index is 11.2. The van der Waals surface area contributed by atoms with E-state index in [1.165, 1.54) is 6.20 Å². The van der Waals surface area contributed by atoms with Crippen LogP contribution in [-0.2, 0) is 16.0 Å². The number of carbonyl (C=O) groups is 1. The molecule has 0 saturated carbocycles. The van der Waals surface area contributed by atoms with Crippen LogP contribution >= 0.6 is 11.6 Å². The lowest BCUT2D eigenvalue weighted by atomic mass is 9.99. The van der Waals surface area contributed by atoms with Crippen molar-refractivity contribution in [2.45, 2.75) is 25.9 Å². The summed E-state index contributed by atoms with van der Waals surface area (Å²) in [5.74, 6) is -0.477. The van der Waals surface area contributed by atoms with Crippen molar-refractivity contribution >= 4 is 34.3 Å². The summed E-state index contributed by atoms with van der Waals surface area (Å²) in [5.41, 5.74) is 5.79. The topological polar surface area (TPSA) is 134 Å². The van der Waals surface area contributed by atoms with Gasteiger partial charge in [0.2, 0.25) is 6.41 Å². The van der Waals surface area contributed by atoms with E-state index < -0.39 is 18.5 Å². The highest BCUT2D eigenvalue weighted by Crippen LogP contribution is 2.34. The van der Waals surface area contributed by atoms with E-state index in [4.69, 9.17) is 26.0 Å². The number of aromatic nitrogens is 3. The van der Waals surface area contributed by atoms with Crippen LogP contribution in [0.2, 0.25) is 5.02 Å². The maximum atomic E-state index is 11.2. The molecule has 0 aliphatic carbocycles. The smallest absolute Gasteiger partial charge is 0.307 e. The summed E-state index contributed by atoms with van der Waals surface area (Å²) in [7, 11) is 0. The number of hydrogen-bond donors (Lipinski definition) is 4. The largest absolute Gasteiger partial charge is 0.481 e. The number of carboxylic acid groups (broad SMARTS) is 1. The zero-order chi connectivity index (χ0) is 25.9. The van der Waals surface area contributed by atoms with Crippen molar-refractivity contribution in [2.75, 3.05) is 5.32 Å². The van der Waals surface area contributed by atoms with Crippen LogP contribution in [0.15, 0.2) is 77.7 Å². The zero-order valence-electron chi connectivity index (χ0n) is 19.7. The SMILES string of the molecule is CC(OC(O)Nc1cnoc1-c1ccc(-c2ccc(CC(=O)O)c3nc[nH]c23)cc1)c1ccccc1Cl. The van der Waals surface area contributed by atoms with Crippen LogP contribution in [0.5, 0.6) is 0 Å². The molecular formula is C27H23ClN4O5. The molecule has 10 heteroatoms. The minimum Gasteiger partial charge on any atom is -0.481 e. The third kappa shape index (κ3) is 5.19. The van der Waals surface area contributed by atoms with Gasteiger partial charge in [-0.1, -0.05) is 71.4 Å². The molecule has 0 bridgehead atoms. The van der Waals surface area contributed by atoms with E-state index in [9.17, 15) is 9.90 Å². The second kappa shape index (κ2) is 10.4. The van der Waals surface area contributed by atoms with Gasteiger partial charge in [0, 0.05) is 16.1 Å². The molecule has 5 rings (SSSR count). The van der Waals surface area contributed by atoms with Crippen LogP contribution < -0.4 is 5.32 Å². The third-order valence-electron chi connectivity index (χ3n) is 5.99. The highest BCUT2D eigenvalue weighted by Gasteiger charge is 2.19. The second-order valence-electron chi connectivity index (χ2n) is 8.41. The molecule has 0 aliphatic heterocycles. The number of fused-ring (bicyclic) bond motifs is 1. The van der Waals surface area contributed by atoms with Gasteiger partial charge in [-0.15, -0.1) is 0 Å². The molecule has 0 amide bonds. The van der Waals surface area contributed by atoms with Crippen molar-refractivity contribution in [3.63, 3.8) is 0 Å². The number of halogens is 1. The van der Waals surface area contributed by atoms with Crippen molar-refractivity contribution < 1.29 is 24.3 Å². The molecule has 188 valence electrons. The van der Waals surface area contributed by atoms with E-state index >= 15 is 0 Å². The number of nitrogens with zero attached hydrogens (tertiary/aromatic N) is 2. The van der Waals surface area contributed by atoms with Crippen LogP contribution in [-0.4, -0.2) is 37.7 Å². The normalized spacial score (nSPS) is 12.9. The Bertz CT molecular complexity index is 1550. The van der Waals surface area contributed by atoms with Gasteiger partial charge in [-0.25, -0.2) is 4.98 Å². The molecule has 2 aromatic heterocycles. The molecule has 0 fully saturated rings. The lowest BCUT2D eigenvalue weighted by Gasteiger charge is -2.20. The highest BCUT2D eigenvalue weighted by atomic mass is 35.5. The van der Waals surface area contributed by atoms with Crippen molar-refractivity contribution in [3.8, 4) is 22.5 Å². The zero-order valence-corrected chi connectivity index (χ0v) is 20.4. The number of rotatable bonds is 9. The van der Waals surface area contributed by atoms with E-state index in [1.807, 2.05) is 48.5 Å². The highest BCUT2D eigenvalue weighted by molar-refractivity contribution is 6.31. The Morgan fingerprint density at radius 3 is 2.65 bits per heavy atom. The summed E-state index contributed by atoms with van der Waals surface area (Å²) in [6.07, 6.45) is 1.13. The third-order valence-corrected chi connectivity index (χ3v) is 6.33. The molecule has 0 aliphatic rings. The molecule has 0 radical (unpaired) electrons. The number of anilines is 1. The first-order chi connectivity index (χ1) is 17.9. The van der Waals surface area contributed by atoms with E-state index in [0.29, 0.717) is 27.6 Å². The van der Waals surface area contributed by atoms with E-state index in [-0.39, 0.29) is 6.42 Å². The summed E-state index contributed by atoms with van der Waals surface area (Å²) in [6, 6.07) is 18.5. The molecular weight excluding hydrogens is 496 g/mol. The molecule has 2 unspecified atom stereocenters. The number of imidazole rings is 1.